The first-order valence-electron chi connectivity index (χ1n) is 6.82. The van der Waals surface area contributed by atoms with E-state index in [0.29, 0.717) is 5.56 Å². The Morgan fingerprint density at radius 1 is 1.29 bits per heavy atom. The predicted octanol–water partition coefficient (Wildman–Crippen LogP) is 2.53. The van der Waals surface area contributed by atoms with E-state index in [-0.39, 0.29) is 24.9 Å². The molecule has 0 aliphatic heterocycles. The quantitative estimate of drug-likeness (QED) is 0.878. The van der Waals surface area contributed by atoms with Gasteiger partial charge in [-0.05, 0) is 43.4 Å². The number of amides is 1. The summed E-state index contributed by atoms with van der Waals surface area (Å²) in [5, 5.41) is 12.2. The maximum atomic E-state index is 12.4. The Bertz CT molecular complexity index is 509. The summed E-state index contributed by atoms with van der Waals surface area (Å²) in [7, 11) is 0. The molecule has 1 atom stereocenters. The van der Waals surface area contributed by atoms with Crippen LogP contribution in [-0.4, -0.2) is 23.2 Å². The molecule has 21 heavy (non-hydrogen) atoms. The zero-order valence-corrected chi connectivity index (χ0v) is 11.7. The Kier molecular flexibility index (Phi) is 4.27. The monoisotopic (exact) mass is 301 g/mol. The molecule has 0 bridgehead atoms. The number of aliphatic hydroxyl groups excluding tert-OH is 1. The van der Waals surface area contributed by atoms with Gasteiger partial charge in [0.25, 0.3) is 0 Å². The van der Waals surface area contributed by atoms with Crippen LogP contribution in [0.1, 0.15) is 30.9 Å². The Morgan fingerprint density at radius 2 is 1.86 bits per heavy atom. The van der Waals surface area contributed by atoms with E-state index < -0.39 is 17.3 Å². The molecule has 0 aromatic heterocycles. The Balaban J connectivity index is 1.96. The van der Waals surface area contributed by atoms with E-state index >= 15 is 0 Å². The van der Waals surface area contributed by atoms with Crippen LogP contribution in [0.5, 0.6) is 0 Å². The molecule has 1 aromatic carbocycles. The first kappa shape index (κ1) is 15.8. The smallest absolute Gasteiger partial charge is 0.394 e. The zero-order valence-electron chi connectivity index (χ0n) is 11.7. The molecule has 1 fully saturated rings. The number of benzene rings is 1. The van der Waals surface area contributed by atoms with Gasteiger partial charge in [0.1, 0.15) is 0 Å². The number of aliphatic hydroxyl groups is 1. The molecule has 0 heterocycles. The predicted molar refractivity (Wildman–Crippen MR) is 71.5 cm³/mol. The lowest BCUT2D eigenvalue weighted by Gasteiger charge is -2.28. The van der Waals surface area contributed by atoms with Gasteiger partial charge in [0, 0.05) is 0 Å². The van der Waals surface area contributed by atoms with E-state index in [2.05, 4.69) is 5.32 Å². The van der Waals surface area contributed by atoms with Gasteiger partial charge in [-0.15, -0.1) is 0 Å². The van der Waals surface area contributed by atoms with Gasteiger partial charge >= 0.3 is 6.18 Å². The van der Waals surface area contributed by atoms with E-state index in [1.807, 2.05) is 0 Å². The summed E-state index contributed by atoms with van der Waals surface area (Å²) < 4.78 is 37.3. The third-order valence-electron chi connectivity index (χ3n) is 3.88. The van der Waals surface area contributed by atoms with Crippen molar-refractivity contribution in [1.29, 1.82) is 0 Å². The number of halogens is 3. The number of carbonyl (C=O) groups excluding carboxylic acids is 1. The van der Waals surface area contributed by atoms with Crippen molar-refractivity contribution in [2.45, 2.75) is 37.9 Å². The van der Waals surface area contributed by atoms with Crippen molar-refractivity contribution in [2.24, 2.45) is 5.92 Å². The van der Waals surface area contributed by atoms with Gasteiger partial charge in [-0.3, -0.25) is 4.79 Å². The molecule has 0 spiro atoms. The molecule has 1 aliphatic carbocycles. The standard InChI is InChI=1S/C15H18F3NO2/c1-14(9-20,11-6-7-11)19-13(21)8-10-2-4-12(5-3-10)15(16,17)18/h2-5,11,20H,6-9H2,1H3,(H,19,21). The van der Waals surface area contributed by atoms with Crippen LogP contribution in [0, 0.1) is 5.92 Å². The van der Waals surface area contributed by atoms with E-state index in [0.717, 1.165) is 25.0 Å². The molecule has 1 amide bonds. The van der Waals surface area contributed by atoms with Crippen molar-refractivity contribution in [1.82, 2.24) is 5.32 Å². The molecule has 1 aliphatic rings. The van der Waals surface area contributed by atoms with Crippen LogP contribution in [0.4, 0.5) is 13.2 Å². The average molecular weight is 301 g/mol. The molecule has 3 nitrogen and oxygen atoms in total. The Morgan fingerprint density at radius 3 is 2.29 bits per heavy atom. The molecular weight excluding hydrogens is 283 g/mol. The normalized spacial score (nSPS) is 18.1. The largest absolute Gasteiger partial charge is 0.416 e. The van der Waals surface area contributed by atoms with E-state index in [4.69, 9.17) is 0 Å². The van der Waals surface area contributed by atoms with Gasteiger partial charge in [0.05, 0.1) is 24.1 Å². The van der Waals surface area contributed by atoms with Crippen molar-refractivity contribution in [3.63, 3.8) is 0 Å². The van der Waals surface area contributed by atoms with Crippen LogP contribution < -0.4 is 5.32 Å². The van der Waals surface area contributed by atoms with Crippen molar-refractivity contribution < 1.29 is 23.1 Å². The fourth-order valence-electron chi connectivity index (χ4n) is 2.35. The van der Waals surface area contributed by atoms with Crippen LogP contribution in [0.2, 0.25) is 0 Å². The van der Waals surface area contributed by atoms with Gasteiger partial charge in [0.2, 0.25) is 5.91 Å². The van der Waals surface area contributed by atoms with Crippen molar-refractivity contribution >= 4 is 5.91 Å². The minimum atomic E-state index is -4.37. The van der Waals surface area contributed by atoms with E-state index in [1.54, 1.807) is 6.92 Å². The molecule has 1 aromatic rings. The molecule has 1 saturated carbocycles. The highest BCUT2D eigenvalue weighted by Gasteiger charge is 2.42. The van der Waals surface area contributed by atoms with Crippen LogP contribution >= 0.6 is 0 Å². The second kappa shape index (κ2) is 5.67. The molecule has 116 valence electrons. The van der Waals surface area contributed by atoms with Gasteiger partial charge in [-0.2, -0.15) is 13.2 Å². The number of carbonyl (C=O) groups is 1. The zero-order chi connectivity index (χ0) is 15.7. The van der Waals surface area contributed by atoms with Crippen LogP contribution in [0.25, 0.3) is 0 Å². The molecule has 0 radical (unpaired) electrons. The first-order chi connectivity index (χ1) is 9.74. The second-order valence-electron chi connectivity index (χ2n) is 5.77. The Labute approximate surface area is 121 Å². The van der Waals surface area contributed by atoms with E-state index in [9.17, 15) is 23.1 Å². The number of alkyl halides is 3. The fraction of sp³-hybridized carbons (Fsp3) is 0.533. The number of rotatable bonds is 5. The lowest BCUT2D eigenvalue weighted by Crippen LogP contribution is -2.51. The number of nitrogens with one attached hydrogen (secondary N) is 1. The van der Waals surface area contributed by atoms with Gasteiger partial charge in [-0.25, -0.2) is 0 Å². The topological polar surface area (TPSA) is 49.3 Å². The lowest BCUT2D eigenvalue weighted by molar-refractivity contribution is -0.137. The molecule has 0 saturated heterocycles. The SMILES string of the molecule is CC(CO)(NC(=O)Cc1ccc(C(F)(F)F)cc1)C1CC1. The summed E-state index contributed by atoms with van der Waals surface area (Å²) >= 11 is 0. The summed E-state index contributed by atoms with van der Waals surface area (Å²) in [5.41, 5.74) is -0.857. The van der Waals surface area contributed by atoms with Crippen molar-refractivity contribution in [3.8, 4) is 0 Å². The maximum absolute atomic E-state index is 12.4. The third kappa shape index (κ3) is 3.97. The summed E-state index contributed by atoms with van der Waals surface area (Å²) in [5.74, 6) is -0.0164. The second-order valence-corrected chi connectivity index (χ2v) is 5.77. The van der Waals surface area contributed by atoms with Crippen molar-refractivity contribution in [2.75, 3.05) is 6.61 Å². The highest BCUT2D eigenvalue weighted by Crippen LogP contribution is 2.39. The van der Waals surface area contributed by atoms with Crippen molar-refractivity contribution in [3.05, 3.63) is 35.4 Å². The fourth-order valence-corrected chi connectivity index (χ4v) is 2.35. The highest BCUT2D eigenvalue weighted by atomic mass is 19.4. The molecule has 2 rings (SSSR count). The summed E-state index contributed by atoms with van der Waals surface area (Å²) in [6, 6.07) is 4.54. The summed E-state index contributed by atoms with van der Waals surface area (Å²) in [6.45, 7) is 1.64. The molecular formula is C15H18F3NO2. The van der Waals surface area contributed by atoms with E-state index in [1.165, 1.54) is 12.1 Å². The van der Waals surface area contributed by atoms with Crippen LogP contribution in [0.15, 0.2) is 24.3 Å². The molecule has 6 heteroatoms. The summed E-state index contributed by atoms with van der Waals surface area (Å²) in [6.07, 6.45) is -2.43. The van der Waals surface area contributed by atoms with Gasteiger partial charge in [0.15, 0.2) is 0 Å². The number of hydrogen-bond donors (Lipinski definition) is 2. The average Bonchev–Trinajstić information content (AvgIpc) is 3.22. The number of hydrogen-bond acceptors (Lipinski definition) is 2. The third-order valence-corrected chi connectivity index (χ3v) is 3.88. The summed E-state index contributed by atoms with van der Waals surface area (Å²) in [4.78, 5) is 12.0. The lowest BCUT2D eigenvalue weighted by atomic mass is 9.96. The molecule has 2 N–H and O–H groups in total. The highest BCUT2D eigenvalue weighted by molar-refractivity contribution is 5.79. The van der Waals surface area contributed by atoms with Gasteiger partial charge in [-0.1, -0.05) is 12.1 Å². The molecule has 1 unspecified atom stereocenters. The van der Waals surface area contributed by atoms with Crippen LogP contribution in [0.3, 0.4) is 0 Å². The maximum Gasteiger partial charge on any atom is 0.416 e. The Hall–Kier alpha value is -1.56. The minimum absolute atomic E-state index is 0.000444. The first-order valence-corrected chi connectivity index (χ1v) is 6.82. The van der Waals surface area contributed by atoms with Crippen LogP contribution in [-0.2, 0) is 17.4 Å². The van der Waals surface area contributed by atoms with Gasteiger partial charge < -0.3 is 10.4 Å². The minimum Gasteiger partial charge on any atom is -0.394 e.